The Morgan fingerprint density at radius 1 is 1.72 bits per heavy atom. The van der Waals surface area contributed by atoms with Crippen LogP contribution in [0.15, 0.2) is 16.6 Å². The standard InChI is InChI=1S/C11H15N3O3S/c1-17-8-4-6-18-9(8)11(15)14-5-2-3-7(14)10(12)13-16/h4,6-7,16H,2-3,5H2,1H3,(H2,12,13). The zero-order chi connectivity index (χ0) is 13.1. The summed E-state index contributed by atoms with van der Waals surface area (Å²) in [4.78, 5) is 14.6. The van der Waals surface area contributed by atoms with Crippen molar-refractivity contribution >= 4 is 23.1 Å². The van der Waals surface area contributed by atoms with Crippen molar-refractivity contribution in [3.8, 4) is 5.75 Å². The highest BCUT2D eigenvalue weighted by Gasteiger charge is 2.34. The molecule has 1 aliphatic rings. The summed E-state index contributed by atoms with van der Waals surface area (Å²) < 4.78 is 5.14. The minimum atomic E-state index is -0.325. The Morgan fingerprint density at radius 2 is 2.50 bits per heavy atom. The smallest absolute Gasteiger partial charge is 0.268 e. The maximum Gasteiger partial charge on any atom is 0.268 e. The van der Waals surface area contributed by atoms with E-state index in [0.29, 0.717) is 17.2 Å². The second-order valence-electron chi connectivity index (χ2n) is 4.00. The molecule has 1 aromatic heterocycles. The Hall–Kier alpha value is -1.76. The van der Waals surface area contributed by atoms with Gasteiger partial charge < -0.3 is 20.6 Å². The number of nitrogens with two attached hydrogens (primary N) is 1. The number of amides is 1. The van der Waals surface area contributed by atoms with Gasteiger partial charge in [-0.15, -0.1) is 11.3 Å². The Labute approximate surface area is 109 Å². The first kappa shape index (κ1) is 12.7. The van der Waals surface area contributed by atoms with E-state index >= 15 is 0 Å². The highest BCUT2D eigenvalue weighted by molar-refractivity contribution is 7.12. The first-order valence-corrected chi connectivity index (χ1v) is 6.47. The number of likely N-dealkylation sites (tertiary alicyclic amines) is 1. The summed E-state index contributed by atoms with van der Waals surface area (Å²) in [6.45, 7) is 0.612. The van der Waals surface area contributed by atoms with E-state index in [1.54, 1.807) is 16.3 Å². The molecule has 7 heteroatoms. The van der Waals surface area contributed by atoms with Crippen molar-refractivity contribution < 1.29 is 14.7 Å². The molecule has 2 rings (SSSR count). The number of amidine groups is 1. The van der Waals surface area contributed by atoms with Gasteiger partial charge in [0.25, 0.3) is 5.91 Å². The normalized spacial score (nSPS) is 20.2. The topological polar surface area (TPSA) is 88.2 Å². The third-order valence-corrected chi connectivity index (χ3v) is 3.90. The Morgan fingerprint density at radius 3 is 3.17 bits per heavy atom. The molecule has 0 saturated carbocycles. The molecule has 2 heterocycles. The minimum absolute atomic E-state index is 0.0800. The van der Waals surface area contributed by atoms with Gasteiger partial charge in [-0.2, -0.15) is 0 Å². The number of rotatable bonds is 3. The van der Waals surface area contributed by atoms with Crippen molar-refractivity contribution in [3.05, 3.63) is 16.3 Å². The van der Waals surface area contributed by atoms with Gasteiger partial charge in [-0.1, -0.05) is 5.16 Å². The van der Waals surface area contributed by atoms with Crippen LogP contribution in [0.3, 0.4) is 0 Å². The van der Waals surface area contributed by atoms with Crippen LogP contribution in [0, 0.1) is 0 Å². The lowest BCUT2D eigenvalue weighted by Gasteiger charge is -2.23. The zero-order valence-electron chi connectivity index (χ0n) is 10.00. The average Bonchev–Trinajstić information content (AvgIpc) is 3.04. The molecule has 1 unspecified atom stereocenters. The highest BCUT2D eigenvalue weighted by Crippen LogP contribution is 2.29. The van der Waals surface area contributed by atoms with Crippen LogP contribution in [0.2, 0.25) is 0 Å². The molecule has 1 atom stereocenters. The van der Waals surface area contributed by atoms with E-state index in [2.05, 4.69) is 5.16 Å². The number of nitrogens with zero attached hydrogens (tertiary/aromatic N) is 2. The molecule has 98 valence electrons. The summed E-state index contributed by atoms with van der Waals surface area (Å²) >= 11 is 1.33. The lowest BCUT2D eigenvalue weighted by molar-refractivity contribution is 0.0769. The number of ether oxygens (including phenoxy) is 1. The molecule has 18 heavy (non-hydrogen) atoms. The van der Waals surface area contributed by atoms with Crippen LogP contribution >= 0.6 is 11.3 Å². The molecular formula is C11H15N3O3S. The second-order valence-corrected chi connectivity index (χ2v) is 4.92. The van der Waals surface area contributed by atoms with Crippen LogP contribution in [0.25, 0.3) is 0 Å². The molecular weight excluding hydrogens is 254 g/mol. The van der Waals surface area contributed by atoms with Crippen molar-refractivity contribution in [2.24, 2.45) is 10.9 Å². The summed E-state index contributed by atoms with van der Waals surface area (Å²) in [6, 6.07) is 1.43. The number of hydrogen-bond acceptors (Lipinski definition) is 5. The fraction of sp³-hybridized carbons (Fsp3) is 0.455. The zero-order valence-corrected chi connectivity index (χ0v) is 10.8. The van der Waals surface area contributed by atoms with Crippen LogP contribution in [0.1, 0.15) is 22.5 Å². The fourth-order valence-electron chi connectivity index (χ4n) is 2.13. The molecule has 1 aliphatic heterocycles. The van der Waals surface area contributed by atoms with Gasteiger partial charge in [0.05, 0.1) is 13.2 Å². The third kappa shape index (κ3) is 2.13. The molecule has 0 radical (unpaired) electrons. The molecule has 1 saturated heterocycles. The number of thiophene rings is 1. The van der Waals surface area contributed by atoms with Crippen molar-refractivity contribution in [1.82, 2.24) is 4.90 Å². The van der Waals surface area contributed by atoms with Crippen molar-refractivity contribution in [1.29, 1.82) is 0 Å². The van der Waals surface area contributed by atoms with Gasteiger partial charge in [0, 0.05) is 6.54 Å². The quantitative estimate of drug-likeness (QED) is 0.372. The SMILES string of the molecule is COc1ccsc1C(=O)N1CCCC1/C(N)=N/O. The molecule has 0 spiro atoms. The van der Waals surface area contributed by atoms with E-state index in [4.69, 9.17) is 15.7 Å². The predicted molar refractivity (Wildman–Crippen MR) is 68.3 cm³/mol. The first-order valence-electron chi connectivity index (χ1n) is 5.59. The maximum atomic E-state index is 12.4. The van der Waals surface area contributed by atoms with Crippen LogP contribution in [-0.4, -0.2) is 41.5 Å². The van der Waals surface area contributed by atoms with Gasteiger partial charge in [-0.25, -0.2) is 0 Å². The summed E-state index contributed by atoms with van der Waals surface area (Å²) in [6.07, 6.45) is 1.57. The van der Waals surface area contributed by atoms with Crippen LogP contribution in [0.5, 0.6) is 5.75 Å². The Balaban J connectivity index is 2.23. The van der Waals surface area contributed by atoms with Gasteiger partial charge in [-0.05, 0) is 24.3 Å². The summed E-state index contributed by atoms with van der Waals surface area (Å²) in [5.41, 5.74) is 5.61. The lowest BCUT2D eigenvalue weighted by atomic mass is 10.2. The fourth-order valence-corrected chi connectivity index (χ4v) is 2.94. The van der Waals surface area contributed by atoms with Crippen LogP contribution in [0.4, 0.5) is 0 Å². The number of hydrogen-bond donors (Lipinski definition) is 2. The minimum Gasteiger partial charge on any atom is -0.495 e. The van der Waals surface area contributed by atoms with E-state index < -0.39 is 0 Å². The number of carbonyl (C=O) groups is 1. The number of oxime groups is 1. The average molecular weight is 269 g/mol. The number of methoxy groups -OCH3 is 1. The van der Waals surface area contributed by atoms with Gasteiger partial charge in [0.2, 0.25) is 0 Å². The summed E-state index contributed by atoms with van der Waals surface area (Å²) in [5, 5.41) is 13.5. The van der Waals surface area contributed by atoms with Gasteiger partial charge in [-0.3, -0.25) is 4.79 Å². The van der Waals surface area contributed by atoms with E-state index in [1.165, 1.54) is 18.4 Å². The lowest BCUT2D eigenvalue weighted by Crippen LogP contribution is -2.43. The van der Waals surface area contributed by atoms with E-state index in [9.17, 15) is 4.79 Å². The molecule has 0 bridgehead atoms. The predicted octanol–water partition coefficient (Wildman–Crippen LogP) is 1.11. The molecule has 1 aromatic rings. The first-order chi connectivity index (χ1) is 8.69. The van der Waals surface area contributed by atoms with Gasteiger partial charge in [0.15, 0.2) is 5.84 Å². The highest BCUT2D eigenvalue weighted by atomic mass is 32.1. The monoisotopic (exact) mass is 269 g/mol. The maximum absolute atomic E-state index is 12.4. The molecule has 0 aliphatic carbocycles. The molecule has 6 nitrogen and oxygen atoms in total. The van der Waals surface area contributed by atoms with Crippen molar-refractivity contribution in [3.63, 3.8) is 0 Å². The molecule has 1 amide bonds. The summed E-state index contributed by atoms with van der Waals surface area (Å²) in [7, 11) is 1.53. The number of carbonyl (C=O) groups excluding carboxylic acids is 1. The largest absolute Gasteiger partial charge is 0.495 e. The van der Waals surface area contributed by atoms with Gasteiger partial charge in [0.1, 0.15) is 10.6 Å². The molecule has 1 fully saturated rings. The Bertz CT molecular complexity index is 472. The molecule has 3 N–H and O–H groups in total. The van der Waals surface area contributed by atoms with Crippen molar-refractivity contribution in [2.75, 3.05) is 13.7 Å². The van der Waals surface area contributed by atoms with E-state index in [0.717, 1.165) is 12.8 Å². The second kappa shape index (κ2) is 5.26. The van der Waals surface area contributed by atoms with Crippen LogP contribution < -0.4 is 10.5 Å². The summed E-state index contributed by atoms with van der Waals surface area (Å²) in [5.74, 6) is 0.516. The molecule has 0 aromatic carbocycles. The van der Waals surface area contributed by atoms with Crippen molar-refractivity contribution in [2.45, 2.75) is 18.9 Å². The van der Waals surface area contributed by atoms with E-state index in [1.807, 2.05) is 0 Å². The van der Waals surface area contributed by atoms with Crippen LogP contribution in [-0.2, 0) is 0 Å². The van der Waals surface area contributed by atoms with E-state index in [-0.39, 0.29) is 17.8 Å². The third-order valence-electron chi connectivity index (χ3n) is 3.01. The van der Waals surface area contributed by atoms with Gasteiger partial charge >= 0.3 is 0 Å². The Kier molecular flexibility index (Phi) is 3.71.